The number of hydrogen-bond acceptors (Lipinski definition) is 3. The molecule has 1 aromatic rings. The number of carbonyl (C=O) groups is 2. The molecule has 0 spiro atoms. The fraction of sp³-hybridized carbons (Fsp3) is 0.529. The van der Waals surface area contributed by atoms with E-state index in [2.05, 4.69) is 21.2 Å². The van der Waals surface area contributed by atoms with Crippen LogP contribution in [0.1, 0.15) is 33.6 Å². The highest BCUT2D eigenvalue weighted by Crippen LogP contribution is 2.23. The van der Waals surface area contributed by atoms with Gasteiger partial charge in [0.15, 0.2) is 0 Å². The van der Waals surface area contributed by atoms with Crippen LogP contribution in [-0.4, -0.2) is 35.6 Å². The predicted octanol–water partition coefficient (Wildman–Crippen LogP) is 4.17. The van der Waals surface area contributed by atoms with Gasteiger partial charge in [-0.25, -0.2) is 9.18 Å². The zero-order valence-electron chi connectivity index (χ0n) is 14.1. The third-order valence-electron chi connectivity index (χ3n) is 3.65. The molecule has 1 aliphatic heterocycles. The Bertz CT molecular complexity index is 603. The largest absolute Gasteiger partial charge is 0.444 e. The predicted molar refractivity (Wildman–Crippen MR) is 93.3 cm³/mol. The number of piperidine rings is 1. The highest BCUT2D eigenvalue weighted by molar-refractivity contribution is 9.10. The van der Waals surface area contributed by atoms with Crippen LogP contribution in [0.5, 0.6) is 0 Å². The van der Waals surface area contributed by atoms with Crippen LogP contribution >= 0.6 is 15.9 Å². The van der Waals surface area contributed by atoms with Crippen molar-refractivity contribution in [1.82, 2.24) is 4.90 Å². The van der Waals surface area contributed by atoms with Crippen LogP contribution in [-0.2, 0) is 9.53 Å². The molecule has 0 aromatic heterocycles. The summed E-state index contributed by atoms with van der Waals surface area (Å²) in [4.78, 5) is 25.9. The van der Waals surface area contributed by atoms with Crippen LogP contribution in [0, 0.1) is 11.7 Å². The molecule has 1 heterocycles. The molecule has 132 valence electrons. The maximum Gasteiger partial charge on any atom is 0.410 e. The number of nitrogens with one attached hydrogen (secondary N) is 1. The zero-order chi connectivity index (χ0) is 17.9. The molecular weight excluding hydrogens is 379 g/mol. The molecule has 5 nitrogen and oxygen atoms in total. The Kier molecular flexibility index (Phi) is 5.85. The molecule has 24 heavy (non-hydrogen) atoms. The van der Waals surface area contributed by atoms with Crippen LogP contribution in [0.15, 0.2) is 22.7 Å². The highest BCUT2D eigenvalue weighted by Gasteiger charge is 2.29. The van der Waals surface area contributed by atoms with E-state index in [0.29, 0.717) is 36.1 Å². The molecule has 1 fully saturated rings. The molecule has 1 aromatic carbocycles. The van der Waals surface area contributed by atoms with E-state index in [-0.39, 0.29) is 17.9 Å². The number of anilines is 1. The summed E-state index contributed by atoms with van der Waals surface area (Å²) in [5.41, 5.74) is -0.114. The number of nitrogens with zero attached hydrogens (tertiary/aromatic N) is 1. The van der Waals surface area contributed by atoms with Crippen molar-refractivity contribution in [2.75, 3.05) is 18.4 Å². The van der Waals surface area contributed by atoms with E-state index in [1.807, 2.05) is 20.8 Å². The van der Waals surface area contributed by atoms with Crippen LogP contribution < -0.4 is 5.32 Å². The average molecular weight is 401 g/mol. The summed E-state index contributed by atoms with van der Waals surface area (Å²) in [6.07, 6.45) is 0.763. The van der Waals surface area contributed by atoms with Gasteiger partial charge in [0.2, 0.25) is 5.91 Å². The number of rotatable bonds is 2. The van der Waals surface area contributed by atoms with Crippen LogP contribution in [0.4, 0.5) is 14.9 Å². The zero-order valence-corrected chi connectivity index (χ0v) is 15.7. The van der Waals surface area contributed by atoms with E-state index in [0.717, 1.165) is 0 Å². The molecule has 7 heteroatoms. The summed E-state index contributed by atoms with van der Waals surface area (Å²) >= 11 is 3.20. The van der Waals surface area contributed by atoms with E-state index in [9.17, 15) is 14.0 Å². The van der Waals surface area contributed by atoms with E-state index < -0.39 is 11.4 Å². The van der Waals surface area contributed by atoms with Gasteiger partial charge in [0, 0.05) is 29.2 Å². The van der Waals surface area contributed by atoms with Crippen molar-refractivity contribution >= 4 is 33.6 Å². The van der Waals surface area contributed by atoms with Crippen molar-refractivity contribution < 1.29 is 18.7 Å². The highest BCUT2D eigenvalue weighted by atomic mass is 79.9. The van der Waals surface area contributed by atoms with Crippen LogP contribution in [0.25, 0.3) is 0 Å². The molecule has 1 N–H and O–H groups in total. The average Bonchev–Trinajstić information content (AvgIpc) is 2.44. The van der Waals surface area contributed by atoms with Gasteiger partial charge >= 0.3 is 6.09 Å². The van der Waals surface area contributed by atoms with Crippen molar-refractivity contribution in [3.63, 3.8) is 0 Å². The minimum Gasteiger partial charge on any atom is -0.444 e. The summed E-state index contributed by atoms with van der Waals surface area (Å²) in [6, 6.07) is 4.25. The normalized spacial score (nSPS) is 16.0. The Morgan fingerprint density at radius 3 is 2.42 bits per heavy atom. The van der Waals surface area contributed by atoms with Gasteiger partial charge in [-0.3, -0.25) is 4.79 Å². The van der Waals surface area contributed by atoms with Gasteiger partial charge in [0.25, 0.3) is 0 Å². The maximum absolute atomic E-state index is 13.4. The molecule has 0 aliphatic carbocycles. The monoisotopic (exact) mass is 400 g/mol. The van der Waals surface area contributed by atoms with Gasteiger partial charge in [-0.2, -0.15) is 0 Å². The summed E-state index contributed by atoms with van der Waals surface area (Å²) in [5.74, 6) is -0.776. The van der Waals surface area contributed by atoms with E-state index >= 15 is 0 Å². The maximum atomic E-state index is 13.4. The molecule has 0 saturated carbocycles. The van der Waals surface area contributed by atoms with Gasteiger partial charge < -0.3 is 15.0 Å². The van der Waals surface area contributed by atoms with Crippen molar-refractivity contribution in [2.45, 2.75) is 39.2 Å². The SMILES string of the molecule is CC(C)(C)OC(=O)N1CCC(C(=O)Nc2cc(F)cc(Br)c2)CC1. The molecular formula is C17H22BrFN2O3. The van der Waals surface area contributed by atoms with Crippen LogP contribution in [0.3, 0.4) is 0 Å². The number of ether oxygens (including phenoxy) is 1. The second-order valence-electron chi connectivity index (χ2n) is 6.89. The van der Waals surface area contributed by atoms with E-state index in [1.54, 1.807) is 11.0 Å². The number of benzene rings is 1. The Balaban J connectivity index is 1.87. The minimum atomic E-state index is -0.532. The standard InChI is InChI=1S/C17H22BrFN2O3/c1-17(2,3)24-16(23)21-6-4-11(5-7-21)15(22)20-14-9-12(18)8-13(19)10-14/h8-11H,4-7H2,1-3H3,(H,20,22). The van der Waals surface area contributed by atoms with Gasteiger partial charge in [-0.05, 0) is 51.8 Å². The number of halogens is 2. The molecule has 1 aliphatic rings. The second-order valence-corrected chi connectivity index (χ2v) is 7.80. The third kappa shape index (κ3) is 5.47. The van der Waals surface area contributed by atoms with Crippen LogP contribution in [0.2, 0.25) is 0 Å². The lowest BCUT2D eigenvalue weighted by atomic mass is 9.96. The minimum absolute atomic E-state index is 0.156. The number of carbonyl (C=O) groups excluding carboxylic acids is 2. The number of amides is 2. The number of likely N-dealkylation sites (tertiary alicyclic amines) is 1. The van der Waals surface area contributed by atoms with Gasteiger partial charge in [0.1, 0.15) is 11.4 Å². The Morgan fingerprint density at radius 1 is 1.25 bits per heavy atom. The summed E-state index contributed by atoms with van der Waals surface area (Å²) in [6.45, 7) is 6.41. The smallest absolute Gasteiger partial charge is 0.410 e. The van der Waals surface area contributed by atoms with Crippen molar-refractivity contribution in [3.05, 3.63) is 28.5 Å². The molecule has 2 rings (SSSR count). The molecule has 1 saturated heterocycles. The summed E-state index contributed by atoms with van der Waals surface area (Å²) in [7, 11) is 0. The number of hydrogen-bond donors (Lipinski definition) is 1. The first-order chi connectivity index (χ1) is 11.1. The first-order valence-electron chi connectivity index (χ1n) is 7.89. The topological polar surface area (TPSA) is 58.6 Å². The van der Waals surface area contributed by atoms with Crippen molar-refractivity contribution in [2.24, 2.45) is 5.92 Å². The molecule has 0 radical (unpaired) electrons. The summed E-state index contributed by atoms with van der Waals surface area (Å²) < 4.78 is 19.3. The van der Waals surface area contributed by atoms with E-state index in [1.165, 1.54) is 12.1 Å². The van der Waals surface area contributed by atoms with Gasteiger partial charge in [-0.15, -0.1) is 0 Å². The van der Waals surface area contributed by atoms with Crippen molar-refractivity contribution in [1.29, 1.82) is 0 Å². The Morgan fingerprint density at radius 2 is 1.88 bits per heavy atom. The Hall–Kier alpha value is -1.63. The summed E-state index contributed by atoms with van der Waals surface area (Å²) in [5, 5.41) is 2.73. The van der Waals surface area contributed by atoms with Crippen molar-refractivity contribution in [3.8, 4) is 0 Å². The molecule has 2 amide bonds. The molecule has 0 atom stereocenters. The third-order valence-corrected chi connectivity index (χ3v) is 4.11. The second kappa shape index (κ2) is 7.51. The molecule has 0 bridgehead atoms. The Labute approximate surface area is 149 Å². The first-order valence-corrected chi connectivity index (χ1v) is 8.68. The van der Waals surface area contributed by atoms with E-state index in [4.69, 9.17) is 4.74 Å². The lowest BCUT2D eigenvalue weighted by Gasteiger charge is -2.32. The fourth-order valence-corrected chi connectivity index (χ4v) is 2.99. The van der Waals surface area contributed by atoms with Gasteiger partial charge in [-0.1, -0.05) is 15.9 Å². The van der Waals surface area contributed by atoms with Gasteiger partial charge in [0.05, 0.1) is 0 Å². The molecule has 0 unspecified atom stereocenters. The lowest BCUT2D eigenvalue weighted by molar-refractivity contribution is -0.121. The lowest BCUT2D eigenvalue weighted by Crippen LogP contribution is -2.43. The quantitative estimate of drug-likeness (QED) is 0.809. The first kappa shape index (κ1) is 18.7. The fourth-order valence-electron chi connectivity index (χ4n) is 2.52.